The van der Waals surface area contributed by atoms with Gasteiger partial charge in [-0.1, -0.05) is 24.3 Å². The van der Waals surface area contributed by atoms with Crippen LogP contribution in [0.3, 0.4) is 0 Å². The van der Waals surface area contributed by atoms with Gasteiger partial charge in [0.2, 0.25) is 0 Å². The van der Waals surface area contributed by atoms with Crippen LogP contribution in [0.1, 0.15) is 45.0 Å². The van der Waals surface area contributed by atoms with E-state index in [9.17, 15) is 14.4 Å². The minimum Gasteiger partial charge on any atom is -0.495 e. The van der Waals surface area contributed by atoms with Crippen molar-refractivity contribution in [3.8, 4) is 5.75 Å². The normalized spacial score (nSPS) is 11.0. The van der Waals surface area contributed by atoms with Crippen molar-refractivity contribution in [1.82, 2.24) is 9.55 Å². The van der Waals surface area contributed by atoms with Crippen molar-refractivity contribution >= 4 is 39.1 Å². The largest absolute Gasteiger partial charge is 0.495 e. The van der Waals surface area contributed by atoms with Crippen LogP contribution in [0.15, 0.2) is 59.7 Å². The van der Waals surface area contributed by atoms with Crippen LogP contribution >= 0.6 is 11.3 Å². The molecule has 0 saturated carbocycles. The van der Waals surface area contributed by atoms with Crippen molar-refractivity contribution in [2.24, 2.45) is 0 Å². The molecule has 0 unspecified atom stereocenters. The highest BCUT2D eigenvalue weighted by atomic mass is 32.1. The Balaban J connectivity index is 1.59. The van der Waals surface area contributed by atoms with E-state index >= 15 is 0 Å². The minimum absolute atomic E-state index is 0.200. The van der Waals surface area contributed by atoms with Crippen LogP contribution in [0.2, 0.25) is 0 Å². The lowest BCUT2D eigenvalue weighted by molar-refractivity contribution is 0.0377. The number of amides is 1. The molecule has 4 aromatic rings. The molecule has 2 aromatic carbocycles. The number of nitrogens with one attached hydrogen (secondary N) is 1. The Labute approximate surface area is 206 Å². The first-order chi connectivity index (χ1) is 16.8. The highest BCUT2D eigenvalue weighted by Gasteiger charge is 2.20. The second kappa shape index (κ2) is 10.1. The van der Waals surface area contributed by atoms with Crippen LogP contribution in [0.5, 0.6) is 5.75 Å². The fraction of sp³-hybridized carbons (Fsp3) is 0.231. The van der Waals surface area contributed by atoms with Crippen LogP contribution in [-0.2, 0) is 11.3 Å². The summed E-state index contributed by atoms with van der Waals surface area (Å²) in [5.41, 5.74) is 2.17. The predicted molar refractivity (Wildman–Crippen MR) is 136 cm³/mol. The first kappa shape index (κ1) is 24.2. The molecule has 0 spiro atoms. The number of carbonyl (C=O) groups is 2. The fourth-order valence-corrected chi connectivity index (χ4v) is 4.67. The highest BCUT2D eigenvalue weighted by molar-refractivity contribution is 7.20. The molecule has 0 fully saturated rings. The minimum atomic E-state index is -0.389. The number of rotatable bonds is 7. The van der Waals surface area contributed by atoms with E-state index in [-0.39, 0.29) is 30.1 Å². The van der Waals surface area contributed by atoms with Gasteiger partial charge in [0.25, 0.3) is 11.5 Å². The van der Waals surface area contributed by atoms with Gasteiger partial charge in [-0.05, 0) is 56.2 Å². The van der Waals surface area contributed by atoms with Gasteiger partial charge in [0.05, 0.1) is 47.6 Å². The van der Waals surface area contributed by atoms with Gasteiger partial charge < -0.3 is 14.8 Å². The monoisotopic (exact) mass is 491 g/mol. The number of hydrogen-bond donors (Lipinski definition) is 1. The van der Waals surface area contributed by atoms with Crippen LogP contribution in [0.25, 0.3) is 10.2 Å². The molecule has 9 heteroatoms. The molecule has 1 N–H and O–H groups in total. The number of para-hydroxylation sites is 2. The van der Waals surface area contributed by atoms with Gasteiger partial charge in [0.15, 0.2) is 0 Å². The van der Waals surface area contributed by atoms with Crippen molar-refractivity contribution < 1.29 is 19.1 Å². The van der Waals surface area contributed by atoms with Gasteiger partial charge in [-0.2, -0.15) is 0 Å². The zero-order chi connectivity index (χ0) is 25.1. The average molecular weight is 492 g/mol. The topological polar surface area (TPSA) is 99.5 Å². The standard InChI is InChI=1S/C26H25N3O5S/c1-15(2)34-26(32)18-11-9-17(10-12-18)13-29-14-27-24-21(25(29)31)16(3)22(35-24)23(30)28-19-7-5-6-8-20(19)33-4/h5-12,14-15H,13H2,1-4H3,(H,28,30). The summed E-state index contributed by atoms with van der Waals surface area (Å²) in [5.74, 6) is -0.173. The average Bonchev–Trinajstić information content (AvgIpc) is 3.18. The van der Waals surface area contributed by atoms with Crippen molar-refractivity contribution in [1.29, 1.82) is 0 Å². The van der Waals surface area contributed by atoms with Gasteiger partial charge in [0, 0.05) is 0 Å². The Morgan fingerprint density at radius 3 is 2.51 bits per heavy atom. The number of nitrogens with zero attached hydrogens (tertiary/aromatic N) is 2. The van der Waals surface area contributed by atoms with Gasteiger partial charge in [0.1, 0.15) is 10.6 Å². The lowest BCUT2D eigenvalue weighted by Gasteiger charge is -2.09. The number of ether oxygens (including phenoxy) is 2. The lowest BCUT2D eigenvalue weighted by atomic mass is 10.1. The number of hydrogen-bond acceptors (Lipinski definition) is 7. The number of carbonyl (C=O) groups excluding carboxylic acids is 2. The Bertz CT molecular complexity index is 1450. The Morgan fingerprint density at radius 1 is 1.11 bits per heavy atom. The van der Waals surface area contributed by atoms with E-state index in [2.05, 4.69) is 10.3 Å². The molecule has 35 heavy (non-hydrogen) atoms. The predicted octanol–water partition coefficient (Wildman–Crippen LogP) is 4.64. The van der Waals surface area contributed by atoms with E-state index in [1.807, 2.05) is 6.07 Å². The molecule has 0 saturated heterocycles. The molecule has 8 nitrogen and oxygen atoms in total. The fourth-order valence-electron chi connectivity index (χ4n) is 3.64. The number of aryl methyl sites for hydroxylation is 1. The summed E-state index contributed by atoms with van der Waals surface area (Å²) in [4.78, 5) is 43.6. The van der Waals surface area contributed by atoms with Crippen molar-refractivity contribution in [3.05, 3.63) is 86.8 Å². The first-order valence-corrected chi connectivity index (χ1v) is 11.8. The molecule has 0 radical (unpaired) electrons. The summed E-state index contributed by atoms with van der Waals surface area (Å²) in [7, 11) is 1.53. The number of thiophene rings is 1. The number of esters is 1. The Morgan fingerprint density at radius 2 is 1.83 bits per heavy atom. The van der Waals surface area contributed by atoms with Crippen molar-refractivity contribution in [2.45, 2.75) is 33.4 Å². The van der Waals surface area contributed by atoms with E-state index in [1.54, 1.807) is 63.2 Å². The molecule has 2 heterocycles. The van der Waals surface area contributed by atoms with Gasteiger partial charge in [-0.3, -0.25) is 14.2 Å². The van der Waals surface area contributed by atoms with E-state index < -0.39 is 0 Å². The van der Waals surface area contributed by atoms with Crippen LogP contribution < -0.4 is 15.6 Å². The molecule has 180 valence electrons. The number of fused-ring (bicyclic) bond motifs is 1. The van der Waals surface area contributed by atoms with Gasteiger partial charge >= 0.3 is 5.97 Å². The zero-order valence-corrected chi connectivity index (χ0v) is 20.6. The summed E-state index contributed by atoms with van der Waals surface area (Å²) in [5, 5.41) is 3.27. The third-order valence-electron chi connectivity index (χ3n) is 5.36. The third-order valence-corrected chi connectivity index (χ3v) is 6.56. The first-order valence-electron chi connectivity index (χ1n) is 11.0. The summed E-state index contributed by atoms with van der Waals surface area (Å²) in [6.45, 7) is 5.61. The van der Waals surface area contributed by atoms with Crippen LogP contribution in [0, 0.1) is 6.92 Å². The molecular formula is C26H25N3O5S. The van der Waals surface area contributed by atoms with Crippen LogP contribution in [0.4, 0.5) is 5.69 Å². The molecule has 1 amide bonds. The maximum atomic E-state index is 13.2. The Hall–Kier alpha value is -3.98. The highest BCUT2D eigenvalue weighted by Crippen LogP contribution is 2.29. The van der Waals surface area contributed by atoms with E-state index in [0.29, 0.717) is 37.7 Å². The number of benzene rings is 2. The van der Waals surface area contributed by atoms with E-state index in [1.165, 1.54) is 29.3 Å². The second-order valence-corrected chi connectivity index (χ2v) is 9.22. The van der Waals surface area contributed by atoms with Crippen molar-refractivity contribution in [2.75, 3.05) is 12.4 Å². The zero-order valence-electron chi connectivity index (χ0n) is 19.8. The van der Waals surface area contributed by atoms with Gasteiger partial charge in [-0.15, -0.1) is 11.3 Å². The summed E-state index contributed by atoms with van der Waals surface area (Å²) < 4.78 is 12.0. The molecule has 4 rings (SSSR count). The number of aromatic nitrogens is 2. The number of anilines is 1. The van der Waals surface area contributed by atoms with Crippen molar-refractivity contribution in [3.63, 3.8) is 0 Å². The maximum absolute atomic E-state index is 13.2. The molecule has 0 aliphatic rings. The molecular weight excluding hydrogens is 466 g/mol. The quantitative estimate of drug-likeness (QED) is 0.378. The number of methoxy groups -OCH3 is 1. The SMILES string of the molecule is COc1ccccc1NC(=O)c1sc2ncn(Cc3ccc(C(=O)OC(C)C)cc3)c(=O)c2c1C. The third kappa shape index (κ3) is 5.09. The molecule has 2 aromatic heterocycles. The summed E-state index contributed by atoms with van der Waals surface area (Å²) in [6.07, 6.45) is 1.28. The smallest absolute Gasteiger partial charge is 0.338 e. The summed E-state index contributed by atoms with van der Waals surface area (Å²) in [6, 6.07) is 14.0. The molecule has 0 aliphatic heterocycles. The molecule has 0 bridgehead atoms. The van der Waals surface area contributed by atoms with Crippen LogP contribution in [-0.4, -0.2) is 34.6 Å². The maximum Gasteiger partial charge on any atom is 0.338 e. The second-order valence-electron chi connectivity index (χ2n) is 8.22. The lowest BCUT2D eigenvalue weighted by Crippen LogP contribution is -2.21. The van der Waals surface area contributed by atoms with E-state index in [0.717, 1.165) is 5.56 Å². The Kier molecular flexibility index (Phi) is 6.97. The van der Waals surface area contributed by atoms with E-state index in [4.69, 9.17) is 9.47 Å². The van der Waals surface area contributed by atoms with Gasteiger partial charge in [-0.25, -0.2) is 9.78 Å². The summed E-state index contributed by atoms with van der Waals surface area (Å²) >= 11 is 1.18. The molecule has 0 aliphatic carbocycles. The molecule has 0 atom stereocenters.